The van der Waals surface area contributed by atoms with Gasteiger partial charge in [0.15, 0.2) is 0 Å². The summed E-state index contributed by atoms with van der Waals surface area (Å²) in [5.74, 6) is 0. The van der Waals surface area contributed by atoms with E-state index in [0.29, 0.717) is 0 Å². The highest BCUT2D eigenvalue weighted by molar-refractivity contribution is 5.93. The first-order valence-electron chi connectivity index (χ1n) is 8.08. The Bertz CT molecular complexity index is 769. The highest BCUT2D eigenvalue weighted by Crippen LogP contribution is 2.33. The molecule has 0 bridgehead atoms. The molecule has 2 aromatic carbocycles. The van der Waals surface area contributed by atoms with E-state index in [1.54, 1.807) is 0 Å². The molecule has 0 radical (unpaired) electrons. The van der Waals surface area contributed by atoms with Gasteiger partial charge in [0.25, 0.3) is 0 Å². The van der Waals surface area contributed by atoms with Gasteiger partial charge in [0.1, 0.15) is 0 Å². The highest BCUT2D eigenvalue weighted by atomic mass is 14.7. The summed E-state index contributed by atoms with van der Waals surface area (Å²) in [5, 5.41) is 1.37. The van der Waals surface area contributed by atoms with Crippen molar-refractivity contribution in [3.05, 3.63) is 59.2 Å². The first-order chi connectivity index (χ1) is 10.7. The molecule has 0 spiro atoms. The van der Waals surface area contributed by atoms with Crippen LogP contribution in [0.4, 0.5) is 0 Å². The fourth-order valence-electron chi connectivity index (χ4n) is 3.26. The van der Waals surface area contributed by atoms with Crippen molar-refractivity contribution in [2.75, 3.05) is 6.54 Å². The molecule has 2 heteroatoms. The Morgan fingerprint density at radius 3 is 2.50 bits per heavy atom. The average Bonchev–Trinajstić information content (AvgIpc) is 2.88. The number of hydrogen-bond donors (Lipinski definition) is 2. The molecule has 3 rings (SSSR count). The van der Waals surface area contributed by atoms with Crippen molar-refractivity contribution in [3.8, 4) is 11.3 Å². The number of rotatable bonds is 5. The standard InChI is InChI=1S/C20H24N2/c1-14-12-15(2)19-18(13-14)17(10-6-7-11-21)20(22-19)16-8-4-3-5-9-16/h3-5,8-9,12-13,22H,6-7,10-11,21H2,1-2H3. The molecule has 0 aliphatic heterocycles. The normalized spacial score (nSPS) is 11.2. The Morgan fingerprint density at radius 1 is 1.00 bits per heavy atom. The molecular formula is C20H24N2. The Balaban J connectivity index is 2.17. The summed E-state index contributed by atoms with van der Waals surface area (Å²) >= 11 is 0. The van der Waals surface area contributed by atoms with E-state index in [1.807, 2.05) is 0 Å². The first kappa shape index (κ1) is 14.9. The smallest absolute Gasteiger partial charge is 0.0497 e. The van der Waals surface area contributed by atoms with Crippen LogP contribution in [0.3, 0.4) is 0 Å². The third kappa shape index (κ3) is 2.79. The van der Waals surface area contributed by atoms with Gasteiger partial charge >= 0.3 is 0 Å². The Hall–Kier alpha value is -2.06. The van der Waals surface area contributed by atoms with Crippen LogP contribution < -0.4 is 5.73 Å². The lowest BCUT2D eigenvalue weighted by Gasteiger charge is -2.05. The van der Waals surface area contributed by atoms with Crippen molar-refractivity contribution in [3.63, 3.8) is 0 Å². The van der Waals surface area contributed by atoms with E-state index in [9.17, 15) is 0 Å². The van der Waals surface area contributed by atoms with E-state index < -0.39 is 0 Å². The molecular weight excluding hydrogens is 268 g/mol. The van der Waals surface area contributed by atoms with Gasteiger partial charge in [-0.25, -0.2) is 0 Å². The van der Waals surface area contributed by atoms with Crippen molar-refractivity contribution in [2.24, 2.45) is 5.73 Å². The number of aromatic nitrogens is 1. The lowest BCUT2D eigenvalue weighted by atomic mass is 9.98. The van der Waals surface area contributed by atoms with Crippen molar-refractivity contribution in [1.29, 1.82) is 0 Å². The minimum Gasteiger partial charge on any atom is -0.354 e. The zero-order valence-electron chi connectivity index (χ0n) is 13.4. The molecule has 0 atom stereocenters. The minimum atomic E-state index is 0.765. The van der Waals surface area contributed by atoms with Crippen LogP contribution in [0, 0.1) is 13.8 Å². The SMILES string of the molecule is Cc1cc(C)c2[nH]c(-c3ccccc3)c(CCCCN)c2c1. The van der Waals surface area contributed by atoms with E-state index >= 15 is 0 Å². The first-order valence-corrected chi connectivity index (χ1v) is 8.08. The fraction of sp³-hybridized carbons (Fsp3) is 0.300. The summed E-state index contributed by atoms with van der Waals surface area (Å²) in [4.78, 5) is 3.67. The number of unbranched alkanes of at least 4 members (excludes halogenated alkanes) is 1. The second-order valence-electron chi connectivity index (χ2n) is 6.09. The molecule has 2 nitrogen and oxygen atoms in total. The molecule has 0 aliphatic carbocycles. The van der Waals surface area contributed by atoms with Crippen LogP contribution in [0.15, 0.2) is 42.5 Å². The number of nitrogens with two attached hydrogens (primary N) is 1. The van der Waals surface area contributed by atoms with Crippen molar-refractivity contribution in [2.45, 2.75) is 33.1 Å². The van der Waals surface area contributed by atoms with Gasteiger partial charge in [-0.15, -0.1) is 0 Å². The maximum Gasteiger partial charge on any atom is 0.0497 e. The van der Waals surface area contributed by atoms with Crippen LogP contribution in [0.1, 0.15) is 29.5 Å². The molecule has 1 heterocycles. The van der Waals surface area contributed by atoms with Crippen molar-refractivity contribution >= 4 is 10.9 Å². The molecule has 0 amide bonds. The van der Waals surface area contributed by atoms with Gasteiger partial charge in [-0.05, 0) is 62.4 Å². The van der Waals surface area contributed by atoms with Gasteiger partial charge in [-0.3, -0.25) is 0 Å². The maximum atomic E-state index is 5.67. The van der Waals surface area contributed by atoms with Crippen LogP contribution in [0.5, 0.6) is 0 Å². The monoisotopic (exact) mass is 292 g/mol. The van der Waals surface area contributed by atoms with Crippen molar-refractivity contribution < 1.29 is 0 Å². The predicted molar refractivity (Wildman–Crippen MR) is 95.2 cm³/mol. The summed E-state index contributed by atoms with van der Waals surface area (Å²) in [6.07, 6.45) is 3.28. The Kier molecular flexibility index (Phi) is 4.30. The summed E-state index contributed by atoms with van der Waals surface area (Å²) in [6.45, 7) is 5.12. The largest absolute Gasteiger partial charge is 0.354 e. The van der Waals surface area contributed by atoms with Crippen LogP contribution in [-0.2, 0) is 6.42 Å². The van der Waals surface area contributed by atoms with E-state index in [-0.39, 0.29) is 0 Å². The minimum absolute atomic E-state index is 0.765. The Morgan fingerprint density at radius 2 is 1.77 bits per heavy atom. The van der Waals surface area contributed by atoms with E-state index in [1.165, 1.54) is 38.9 Å². The number of hydrogen-bond acceptors (Lipinski definition) is 1. The highest BCUT2D eigenvalue weighted by Gasteiger charge is 2.14. The quantitative estimate of drug-likeness (QED) is 0.656. The zero-order valence-corrected chi connectivity index (χ0v) is 13.4. The number of H-pyrrole nitrogens is 1. The second-order valence-corrected chi connectivity index (χ2v) is 6.09. The van der Waals surface area contributed by atoms with Crippen LogP contribution >= 0.6 is 0 Å². The molecule has 22 heavy (non-hydrogen) atoms. The number of aromatic amines is 1. The molecule has 1 aromatic heterocycles. The number of benzene rings is 2. The van der Waals surface area contributed by atoms with E-state index in [4.69, 9.17) is 5.73 Å². The average molecular weight is 292 g/mol. The third-order valence-electron chi connectivity index (χ3n) is 4.30. The summed E-state index contributed by atoms with van der Waals surface area (Å²) < 4.78 is 0. The lowest BCUT2D eigenvalue weighted by molar-refractivity contribution is 0.748. The number of nitrogens with one attached hydrogen (secondary N) is 1. The van der Waals surface area contributed by atoms with E-state index in [0.717, 1.165) is 25.8 Å². The Labute approximate surface area is 132 Å². The van der Waals surface area contributed by atoms with E-state index in [2.05, 4.69) is 61.3 Å². The number of aryl methyl sites for hydroxylation is 3. The molecule has 0 saturated carbocycles. The third-order valence-corrected chi connectivity index (χ3v) is 4.30. The van der Waals surface area contributed by atoms with Crippen LogP contribution in [-0.4, -0.2) is 11.5 Å². The molecule has 3 N–H and O–H groups in total. The zero-order chi connectivity index (χ0) is 15.5. The predicted octanol–water partition coefficient (Wildman–Crippen LogP) is 4.73. The second kappa shape index (κ2) is 6.37. The van der Waals surface area contributed by atoms with Gasteiger partial charge in [-0.2, -0.15) is 0 Å². The molecule has 0 fully saturated rings. The number of fused-ring (bicyclic) bond motifs is 1. The van der Waals surface area contributed by atoms with Gasteiger partial charge in [0.05, 0.1) is 0 Å². The lowest BCUT2D eigenvalue weighted by Crippen LogP contribution is -1.99. The maximum absolute atomic E-state index is 5.67. The molecule has 3 aromatic rings. The summed E-state index contributed by atoms with van der Waals surface area (Å²) in [5.41, 5.74) is 13.5. The molecule has 0 saturated heterocycles. The fourth-order valence-corrected chi connectivity index (χ4v) is 3.26. The van der Waals surface area contributed by atoms with Gasteiger partial charge in [0, 0.05) is 16.6 Å². The van der Waals surface area contributed by atoms with Crippen LogP contribution in [0.25, 0.3) is 22.2 Å². The van der Waals surface area contributed by atoms with Crippen molar-refractivity contribution in [1.82, 2.24) is 4.98 Å². The van der Waals surface area contributed by atoms with Gasteiger partial charge in [-0.1, -0.05) is 42.0 Å². The van der Waals surface area contributed by atoms with Gasteiger partial charge in [0.2, 0.25) is 0 Å². The summed E-state index contributed by atoms with van der Waals surface area (Å²) in [7, 11) is 0. The molecule has 114 valence electrons. The van der Waals surface area contributed by atoms with Gasteiger partial charge < -0.3 is 10.7 Å². The molecule has 0 aliphatic rings. The molecule has 0 unspecified atom stereocenters. The summed E-state index contributed by atoms with van der Waals surface area (Å²) in [6, 6.07) is 15.2. The topological polar surface area (TPSA) is 41.8 Å². The van der Waals surface area contributed by atoms with Crippen LogP contribution in [0.2, 0.25) is 0 Å².